The second-order valence-corrected chi connectivity index (χ2v) is 7.48. The molecule has 0 saturated carbocycles. The second-order valence-electron chi connectivity index (χ2n) is 6.70. The third-order valence-electron chi connectivity index (χ3n) is 4.79. The largest absolute Gasteiger partial charge is 0.495 e. The maximum atomic E-state index is 12.5. The van der Waals surface area contributed by atoms with E-state index in [1.807, 2.05) is 47.2 Å². The molecule has 0 atom stereocenters. The van der Waals surface area contributed by atoms with E-state index in [1.165, 1.54) is 0 Å². The fourth-order valence-corrected chi connectivity index (χ4v) is 3.76. The number of hydrogen-bond donors (Lipinski definition) is 2. The maximum Gasteiger partial charge on any atom is 0.321 e. The molecule has 3 amide bonds. The summed E-state index contributed by atoms with van der Waals surface area (Å²) in [7, 11) is 1.58. The highest BCUT2D eigenvalue weighted by atomic mass is 32.1. The first-order valence-electron chi connectivity index (χ1n) is 9.33. The molecule has 0 aliphatic carbocycles. The summed E-state index contributed by atoms with van der Waals surface area (Å²) in [6.07, 6.45) is 5.12. The number of piperidine rings is 1. The van der Waals surface area contributed by atoms with Gasteiger partial charge in [0.25, 0.3) is 0 Å². The lowest BCUT2D eigenvalue weighted by Crippen LogP contribution is -2.43. The molecule has 2 heterocycles. The maximum absolute atomic E-state index is 12.5. The van der Waals surface area contributed by atoms with E-state index in [4.69, 9.17) is 4.74 Å². The van der Waals surface area contributed by atoms with Gasteiger partial charge in [0.2, 0.25) is 5.91 Å². The summed E-state index contributed by atoms with van der Waals surface area (Å²) in [6.45, 7) is 1.98. The van der Waals surface area contributed by atoms with Crippen molar-refractivity contribution in [3.05, 3.63) is 52.7 Å². The van der Waals surface area contributed by atoms with Gasteiger partial charge in [-0.1, -0.05) is 12.1 Å². The first kappa shape index (κ1) is 19.9. The van der Waals surface area contributed by atoms with Crippen LogP contribution in [0.2, 0.25) is 0 Å². The Balaban J connectivity index is 1.40. The van der Waals surface area contributed by atoms with Crippen molar-refractivity contribution < 1.29 is 14.3 Å². The highest BCUT2D eigenvalue weighted by Crippen LogP contribution is 2.24. The summed E-state index contributed by atoms with van der Waals surface area (Å²) in [5.74, 6) is 0.945. The predicted molar refractivity (Wildman–Crippen MR) is 113 cm³/mol. The molecule has 0 bridgehead atoms. The van der Waals surface area contributed by atoms with Gasteiger partial charge in [0.1, 0.15) is 5.75 Å². The fourth-order valence-electron chi connectivity index (χ4n) is 3.13. The minimum Gasteiger partial charge on any atom is -0.495 e. The minimum atomic E-state index is -0.120. The molecule has 6 nitrogen and oxygen atoms in total. The minimum absolute atomic E-state index is 0.0810. The lowest BCUT2D eigenvalue weighted by molar-refractivity contribution is -0.116. The number of likely N-dealkylation sites (tertiary alicyclic amines) is 1. The number of urea groups is 1. The second kappa shape index (κ2) is 9.94. The number of ether oxygens (including phenoxy) is 1. The Bertz CT molecular complexity index is 812. The number of nitrogens with one attached hydrogen (secondary N) is 2. The Morgan fingerprint density at radius 2 is 2.04 bits per heavy atom. The SMILES string of the molecule is COc1ccccc1NC(=O)N1CCC(CNC(=O)/C=C/c2ccsc2)CC1. The van der Waals surface area contributed by atoms with Crippen LogP contribution in [-0.2, 0) is 4.79 Å². The van der Waals surface area contributed by atoms with Crippen molar-refractivity contribution in [1.29, 1.82) is 0 Å². The molecule has 1 aromatic carbocycles. The highest BCUT2D eigenvalue weighted by Gasteiger charge is 2.23. The van der Waals surface area contributed by atoms with E-state index in [0.29, 0.717) is 37.0 Å². The number of para-hydroxylation sites is 2. The number of hydrogen-bond acceptors (Lipinski definition) is 4. The summed E-state index contributed by atoms with van der Waals surface area (Å²) in [4.78, 5) is 26.2. The molecule has 1 aliphatic rings. The standard InChI is InChI=1S/C21H25N3O3S/c1-27-19-5-3-2-4-18(19)23-21(26)24-11-8-16(9-12-24)14-22-20(25)7-6-17-10-13-28-15-17/h2-7,10,13,15-16H,8-9,11-12,14H2,1H3,(H,22,25)(H,23,26)/b7-6+. The number of amides is 3. The van der Waals surface area contributed by atoms with Crippen LogP contribution in [0.3, 0.4) is 0 Å². The van der Waals surface area contributed by atoms with E-state index in [2.05, 4.69) is 10.6 Å². The van der Waals surface area contributed by atoms with Gasteiger partial charge in [-0.05, 0) is 59.4 Å². The monoisotopic (exact) mass is 399 g/mol. The number of methoxy groups -OCH3 is 1. The number of benzene rings is 1. The number of nitrogens with zero attached hydrogens (tertiary/aromatic N) is 1. The van der Waals surface area contributed by atoms with E-state index in [-0.39, 0.29) is 11.9 Å². The molecule has 0 radical (unpaired) electrons. The number of carbonyl (C=O) groups is 2. The Labute approximate surface area is 169 Å². The molecule has 1 aliphatic heterocycles. The molecular formula is C21H25N3O3S. The van der Waals surface area contributed by atoms with Crippen LogP contribution in [0.1, 0.15) is 18.4 Å². The van der Waals surface area contributed by atoms with Crippen molar-refractivity contribution in [3.8, 4) is 5.75 Å². The van der Waals surface area contributed by atoms with Crippen molar-refractivity contribution >= 4 is 35.0 Å². The highest BCUT2D eigenvalue weighted by molar-refractivity contribution is 7.08. The van der Waals surface area contributed by atoms with Crippen molar-refractivity contribution in [1.82, 2.24) is 10.2 Å². The van der Waals surface area contributed by atoms with Crippen molar-refractivity contribution in [2.24, 2.45) is 5.92 Å². The van der Waals surface area contributed by atoms with Gasteiger partial charge in [0, 0.05) is 25.7 Å². The normalized spacial score (nSPS) is 14.8. The van der Waals surface area contributed by atoms with Crippen LogP contribution in [0, 0.1) is 5.92 Å². The molecule has 1 saturated heterocycles. The van der Waals surface area contributed by atoms with Gasteiger partial charge in [0.05, 0.1) is 12.8 Å². The van der Waals surface area contributed by atoms with Crippen molar-refractivity contribution in [3.63, 3.8) is 0 Å². The molecule has 1 fully saturated rings. The molecule has 2 aromatic rings. The zero-order chi connectivity index (χ0) is 19.8. The van der Waals surface area contributed by atoms with Crippen molar-refractivity contribution in [2.45, 2.75) is 12.8 Å². The van der Waals surface area contributed by atoms with Crippen molar-refractivity contribution in [2.75, 3.05) is 32.1 Å². The molecule has 2 N–H and O–H groups in total. The Morgan fingerprint density at radius 3 is 2.75 bits per heavy atom. The molecule has 3 rings (SSSR count). The molecule has 7 heteroatoms. The van der Waals surface area contributed by atoms with E-state index in [0.717, 1.165) is 18.4 Å². The number of thiophene rings is 1. The molecule has 0 unspecified atom stereocenters. The third-order valence-corrected chi connectivity index (χ3v) is 5.49. The summed E-state index contributed by atoms with van der Waals surface area (Å²) in [5, 5.41) is 9.84. The average Bonchev–Trinajstić information content (AvgIpc) is 3.25. The van der Waals surface area contributed by atoms with Gasteiger partial charge < -0.3 is 20.3 Å². The lowest BCUT2D eigenvalue weighted by Gasteiger charge is -2.32. The number of anilines is 1. The van der Waals surface area contributed by atoms with Gasteiger partial charge in [-0.25, -0.2) is 4.79 Å². The zero-order valence-corrected chi connectivity index (χ0v) is 16.7. The average molecular weight is 400 g/mol. The third kappa shape index (κ3) is 5.60. The smallest absolute Gasteiger partial charge is 0.321 e. The zero-order valence-electron chi connectivity index (χ0n) is 15.9. The predicted octanol–water partition coefficient (Wildman–Crippen LogP) is 3.83. The van der Waals surface area contributed by atoms with Gasteiger partial charge in [0.15, 0.2) is 0 Å². The van der Waals surface area contributed by atoms with E-state index >= 15 is 0 Å². The molecule has 28 heavy (non-hydrogen) atoms. The van der Waals surface area contributed by atoms with Crippen LogP contribution in [0.4, 0.5) is 10.5 Å². The topological polar surface area (TPSA) is 70.7 Å². The Morgan fingerprint density at radius 1 is 1.25 bits per heavy atom. The van der Waals surface area contributed by atoms with Gasteiger partial charge in [-0.15, -0.1) is 0 Å². The van der Waals surface area contributed by atoms with E-state index in [9.17, 15) is 9.59 Å². The summed E-state index contributed by atoms with van der Waals surface area (Å²) in [6, 6.07) is 9.22. The fraction of sp³-hybridized carbons (Fsp3) is 0.333. The first-order valence-corrected chi connectivity index (χ1v) is 10.3. The quantitative estimate of drug-likeness (QED) is 0.725. The van der Waals surface area contributed by atoms with Crippen LogP contribution >= 0.6 is 11.3 Å². The first-order chi connectivity index (χ1) is 13.7. The van der Waals surface area contributed by atoms with Crippen LogP contribution in [0.25, 0.3) is 6.08 Å². The van der Waals surface area contributed by atoms with Crippen LogP contribution in [-0.4, -0.2) is 43.6 Å². The Hall–Kier alpha value is -2.80. The molecular weight excluding hydrogens is 374 g/mol. The summed E-state index contributed by atoms with van der Waals surface area (Å²) < 4.78 is 5.27. The summed E-state index contributed by atoms with van der Waals surface area (Å²) >= 11 is 1.60. The van der Waals surface area contributed by atoms with Gasteiger partial charge in [-0.3, -0.25) is 4.79 Å². The molecule has 0 spiro atoms. The van der Waals surface area contributed by atoms with Gasteiger partial charge in [-0.2, -0.15) is 11.3 Å². The van der Waals surface area contributed by atoms with Crippen LogP contribution < -0.4 is 15.4 Å². The van der Waals surface area contributed by atoms with E-state index in [1.54, 1.807) is 29.4 Å². The molecule has 148 valence electrons. The number of carbonyl (C=O) groups excluding carboxylic acids is 2. The lowest BCUT2D eigenvalue weighted by atomic mass is 9.97. The Kier molecular flexibility index (Phi) is 7.08. The van der Waals surface area contributed by atoms with Gasteiger partial charge >= 0.3 is 6.03 Å². The van der Waals surface area contributed by atoms with Crippen LogP contribution in [0.15, 0.2) is 47.2 Å². The summed E-state index contributed by atoms with van der Waals surface area (Å²) in [5.41, 5.74) is 1.70. The number of rotatable bonds is 6. The van der Waals surface area contributed by atoms with E-state index < -0.39 is 0 Å². The van der Waals surface area contributed by atoms with Crippen LogP contribution in [0.5, 0.6) is 5.75 Å². The molecule has 1 aromatic heterocycles.